The van der Waals surface area contributed by atoms with E-state index in [2.05, 4.69) is 10.0 Å². The zero-order valence-electron chi connectivity index (χ0n) is 9.85. The summed E-state index contributed by atoms with van der Waals surface area (Å²) in [6.45, 7) is 0. The molecule has 0 radical (unpaired) electrons. The molecular formula is C11H12N2O4S. The molecule has 0 spiro atoms. The molecule has 96 valence electrons. The van der Waals surface area contributed by atoms with Crippen LogP contribution in [0.5, 0.6) is 0 Å². The Hall–Kier alpha value is -2.02. The van der Waals surface area contributed by atoms with Crippen molar-refractivity contribution in [2.45, 2.75) is 0 Å². The van der Waals surface area contributed by atoms with Crippen LogP contribution in [0.25, 0.3) is 11.0 Å². The monoisotopic (exact) mass is 268 g/mol. The van der Waals surface area contributed by atoms with Crippen LogP contribution in [0.15, 0.2) is 28.9 Å². The zero-order chi connectivity index (χ0) is 13.3. The molecule has 1 aromatic carbocycles. The Bertz CT molecular complexity index is 703. The molecule has 2 aromatic rings. The Balaban J connectivity index is 2.46. The molecule has 0 aliphatic carbocycles. The largest absolute Gasteiger partial charge is 0.463 e. The van der Waals surface area contributed by atoms with Crippen molar-refractivity contribution in [2.75, 3.05) is 18.0 Å². The molecule has 0 atom stereocenters. The van der Waals surface area contributed by atoms with Gasteiger partial charge in [-0.15, -0.1) is 0 Å². The quantitative estimate of drug-likeness (QED) is 0.874. The van der Waals surface area contributed by atoms with E-state index in [1.807, 2.05) is 0 Å². The smallest absolute Gasteiger partial charge is 0.254 e. The number of anilines is 1. The third-order valence-electron chi connectivity index (χ3n) is 2.35. The Labute approximate surface area is 104 Å². The summed E-state index contributed by atoms with van der Waals surface area (Å²) >= 11 is 0. The number of rotatable bonds is 3. The number of carbonyl (C=O) groups excluding carboxylic acids is 1. The number of furan rings is 1. The molecule has 1 aromatic heterocycles. The summed E-state index contributed by atoms with van der Waals surface area (Å²) in [5.74, 6) is -0.252. The molecule has 0 saturated carbocycles. The molecule has 1 heterocycles. The number of hydrogen-bond acceptors (Lipinski definition) is 4. The van der Waals surface area contributed by atoms with Crippen LogP contribution in [-0.4, -0.2) is 27.6 Å². The summed E-state index contributed by atoms with van der Waals surface area (Å²) in [5.41, 5.74) is 1.25. The fourth-order valence-electron chi connectivity index (χ4n) is 1.62. The van der Waals surface area contributed by atoms with Crippen LogP contribution in [0.4, 0.5) is 5.69 Å². The minimum absolute atomic E-state index is 0.252. The predicted molar refractivity (Wildman–Crippen MR) is 68.1 cm³/mol. The van der Waals surface area contributed by atoms with Crippen molar-refractivity contribution in [1.29, 1.82) is 0 Å². The van der Waals surface area contributed by atoms with E-state index in [1.54, 1.807) is 12.1 Å². The summed E-state index contributed by atoms with van der Waals surface area (Å²) in [6.07, 6.45) is 2.41. The second-order valence-corrected chi connectivity index (χ2v) is 5.56. The number of carbonyl (C=O) groups is 1. The topological polar surface area (TPSA) is 88.4 Å². The van der Waals surface area contributed by atoms with Gasteiger partial charge in [0.1, 0.15) is 11.8 Å². The molecule has 7 heteroatoms. The van der Waals surface area contributed by atoms with Crippen molar-refractivity contribution in [3.63, 3.8) is 0 Å². The second-order valence-electron chi connectivity index (χ2n) is 3.81. The highest BCUT2D eigenvalue weighted by Gasteiger charge is 2.13. The number of benzene rings is 1. The van der Waals surface area contributed by atoms with Gasteiger partial charge in [-0.1, -0.05) is 0 Å². The van der Waals surface area contributed by atoms with E-state index in [4.69, 9.17) is 4.42 Å². The van der Waals surface area contributed by atoms with Crippen LogP contribution in [-0.2, 0) is 10.0 Å². The molecular weight excluding hydrogens is 256 g/mol. The lowest BCUT2D eigenvalue weighted by Crippen LogP contribution is -2.17. The number of hydrogen-bond donors (Lipinski definition) is 2. The molecule has 1 amide bonds. The molecule has 0 bridgehead atoms. The standard InChI is InChI=1S/C11H12N2O4S/c1-12-11(14)9-6-17-10-5-7(3-4-8(9)10)13-18(2,15)16/h3-6,13H,1-2H3,(H,12,14). The van der Waals surface area contributed by atoms with Gasteiger partial charge in [-0.3, -0.25) is 9.52 Å². The Morgan fingerprint density at radius 2 is 2.06 bits per heavy atom. The minimum Gasteiger partial charge on any atom is -0.463 e. The maximum Gasteiger partial charge on any atom is 0.254 e. The predicted octanol–water partition coefficient (Wildman–Crippen LogP) is 1.16. The van der Waals surface area contributed by atoms with Gasteiger partial charge in [0.15, 0.2) is 0 Å². The summed E-state index contributed by atoms with van der Waals surface area (Å²) in [4.78, 5) is 11.5. The van der Waals surface area contributed by atoms with Crippen LogP contribution >= 0.6 is 0 Å². The maximum absolute atomic E-state index is 11.5. The Morgan fingerprint density at radius 3 is 2.67 bits per heavy atom. The van der Waals surface area contributed by atoms with Crippen molar-refractivity contribution < 1.29 is 17.6 Å². The summed E-state index contributed by atoms with van der Waals surface area (Å²) in [7, 11) is -1.80. The summed E-state index contributed by atoms with van der Waals surface area (Å²) in [6, 6.07) is 4.74. The van der Waals surface area contributed by atoms with Crippen LogP contribution in [0.1, 0.15) is 10.4 Å². The molecule has 0 aliphatic heterocycles. The van der Waals surface area contributed by atoms with E-state index < -0.39 is 10.0 Å². The average molecular weight is 268 g/mol. The fraction of sp³-hybridized carbons (Fsp3) is 0.182. The van der Waals surface area contributed by atoms with Gasteiger partial charge in [0.05, 0.1) is 17.5 Å². The lowest BCUT2D eigenvalue weighted by atomic mass is 10.1. The van der Waals surface area contributed by atoms with Gasteiger partial charge < -0.3 is 9.73 Å². The third kappa shape index (κ3) is 2.45. The first-order valence-corrected chi connectivity index (χ1v) is 7.01. The SMILES string of the molecule is CNC(=O)c1coc2cc(NS(C)(=O)=O)ccc12. The average Bonchev–Trinajstić information content (AvgIpc) is 2.68. The van der Waals surface area contributed by atoms with Crippen LogP contribution in [0.2, 0.25) is 0 Å². The zero-order valence-corrected chi connectivity index (χ0v) is 10.7. The van der Waals surface area contributed by atoms with Crippen molar-refractivity contribution in [1.82, 2.24) is 5.32 Å². The summed E-state index contributed by atoms with van der Waals surface area (Å²) < 4.78 is 29.8. The molecule has 6 nitrogen and oxygen atoms in total. The number of sulfonamides is 1. The van der Waals surface area contributed by atoms with Gasteiger partial charge in [-0.05, 0) is 12.1 Å². The first kappa shape index (κ1) is 12.4. The molecule has 2 N–H and O–H groups in total. The van der Waals surface area contributed by atoms with Crippen molar-refractivity contribution in [3.8, 4) is 0 Å². The van der Waals surface area contributed by atoms with E-state index in [0.29, 0.717) is 22.2 Å². The lowest BCUT2D eigenvalue weighted by molar-refractivity contribution is 0.0964. The first-order chi connectivity index (χ1) is 8.40. The van der Waals surface area contributed by atoms with Gasteiger partial charge in [-0.25, -0.2) is 8.42 Å². The molecule has 0 aliphatic rings. The molecule has 2 rings (SSSR count). The summed E-state index contributed by atoms with van der Waals surface area (Å²) in [5, 5.41) is 3.13. The van der Waals surface area contributed by atoms with E-state index in [0.717, 1.165) is 6.26 Å². The second kappa shape index (κ2) is 4.34. The van der Waals surface area contributed by atoms with Crippen LogP contribution in [0.3, 0.4) is 0 Å². The van der Waals surface area contributed by atoms with Gasteiger partial charge >= 0.3 is 0 Å². The lowest BCUT2D eigenvalue weighted by Gasteiger charge is -2.03. The van der Waals surface area contributed by atoms with Gasteiger partial charge in [0, 0.05) is 18.5 Å². The van der Waals surface area contributed by atoms with E-state index in [-0.39, 0.29) is 5.91 Å². The third-order valence-corrected chi connectivity index (χ3v) is 2.96. The molecule has 18 heavy (non-hydrogen) atoms. The molecule has 0 unspecified atom stereocenters. The van der Waals surface area contributed by atoms with Crippen molar-refractivity contribution >= 4 is 32.6 Å². The maximum atomic E-state index is 11.5. The highest BCUT2D eigenvalue weighted by molar-refractivity contribution is 7.92. The van der Waals surface area contributed by atoms with Gasteiger partial charge in [0.25, 0.3) is 5.91 Å². The van der Waals surface area contributed by atoms with Gasteiger partial charge in [0.2, 0.25) is 10.0 Å². The fourth-order valence-corrected chi connectivity index (χ4v) is 2.17. The first-order valence-electron chi connectivity index (χ1n) is 5.12. The van der Waals surface area contributed by atoms with E-state index >= 15 is 0 Å². The van der Waals surface area contributed by atoms with Crippen LogP contribution in [0, 0.1) is 0 Å². The highest BCUT2D eigenvalue weighted by Crippen LogP contribution is 2.24. The van der Waals surface area contributed by atoms with E-state index in [1.165, 1.54) is 19.4 Å². The molecule has 0 saturated heterocycles. The Morgan fingerprint density at radius 1 is 1.33 bits per heavy atom. The number of amides is 1. The minimum atomic E-state index is -3.33. The van der Waals surface area contributed by atoms with Crippen molar-refractivity contribution in [3.05, 3.63) is 30.0 Å². The van der Waals surface area contributed by atoms with Crippen molar-refractivity contribution in [2.24, 2.45) is 0 Å². The molecule has 0 fully saturated rings. The Kier molecular flexibility index (Phi) is 3.00. The van der Waals surface area contributed by atoms with Crippen LogP contribution < -0.4 is 10.0 Å². The normalized spacial score (nSPS) is 11.4. The number of nitrogens with one attached hydrogen (secondary N) is 2. The highest BCUT2D eigenvalue weighted by atomic mass is 32.2. The van der Waals surface area contributed by atoms with Gasteiger partial charge in [-0.2, -0.15) is 0 Å². The number of fused-ring (bicyclic) bond motifs is 1. The van der Waals surface area contributed by atoms with E-state index in [9.17, 15) is 13.2 Å².